The molecule has 1 aromatic heterocycles. The molecule has 44 heavy (non-hydrogen) atoms. The molecule has 0 aliphatic heterocycles. The smallest absolute Gasteiger partial charge is 0.241 e. The zero-order valence-electron chi connectivity index (χ0n) is 27.2. The van der Waals surface area contributed by atoms with E-state index in [2.05, 4.69) is 10.3 Å². The Morgan fingerprint density at radius 1 is 1.07 bits per heavy atom. The number of rotatable bonds is 16. The minimum Gasteiger partial charge on any atom is -0.390 e. The topological polar surface area (TPSA) is 143 Å². The Bertz CT molecular complexity index is 1020. The van der Waals surface area contributed by atoms with E-state index in [1.165, 1.54) is 22.7 Å². The van der Waals surface area contributed by atoms with Crippen LogP contribution in [0.15, 0.2) is 10.9 Å². The maximum absolute atomic E-state index is 14.7. The van der Waals surface area contributed by atoms with Gasteiger partial charge in [-0.3, -0.25) is 14.4 Å². The van der Waals surface area contributed by atoms with Gasteiger partial charge in [-0.25, -0.2) is 4.98 Å². The van der Waals surface area contributed by atoms with Crippen molar-refractivity contribution in [3.05, 3.63) is 16.6 Å². The van der Waals surface area contributed by atoms with Crippen molar-refractivity contribution in [3.8, 4) is 0 Å². The second kappa shape index (κ2) is 17.6. The fourth-order valence-corrected chi connectivity index (χ4v) is 7.41. The van der Waals surface area contributed by atoms with Crippen molar-refractivity contribution in [1.82, 2.24) is 20.1 Å². The summed E-state index contributed by atoms with van der Waals surface area (Å²) in [4.78, 5) is 47.4. The number of aromatic nitrogens is 1. The van der Waals surface area contributed by atoms with Crippen molar-refractivity contribution in [2.45, 2.75) is 128 Å². The third-order valence-electron chi connectivity index (χ3n) is 9.39. The molecule has 1 aromatic rings. The number of carbonyl (C=O) groups excluding carboxylic acids is 3. The summed E-state index contributed by atoms with van der Waals surface area (Å²) >= 11 is 1.41. The molecule has 4 atom stereocenters. The molecule has 1 heterocycles. The molecule has 0 unspecified atom stereocenters. The van der Waals surface area contributed by atoms with Gasteiger partial charge in [0.05, 0.1) is 41.4 Å². The first-order valence-electron chi connectivity index (χ1n) is 16.6. The van der Waals surface area contributed by atoms with Crippen molar-refractivity contribution in [3.63, 3.8) is 0 Å². The van der Waals surface area contributed by atoms with Gasteiger partial charge in [0.15, 0.2) is 0 Å². The highest BCUT2D eigenvalue weighted by Gasteiger charge is 2.43. The number of aliphatic hydroxyl groups is 3. The molecular weight excluding hydrogens is 580 g/mol. The van der Waals surface area contributed by atoms with E-state index in [4.69, 9.17) is 0 Å². The number of hydrogen-bond donors (Lipinski definition) is 4. The zero-order chi connectivity index (χ0) is 32.3. The molecule has 0 bridgehead atoms. The van der Waals surface area contributed by atoms with Crippen LogP contribution in [0, 0.1) is 17.8 Å². The molecule has 3 amide bonds. The second-order valence-corrected chi connectivity index (χ2v) is 14.6. The molecule has 2 saturated carbocycles. The van der Waals surface area contributed by atoms with Crippen LogP contribution in [0.2, 0.25) is 0 Å². The molecule has 11 heteroatoms. The van der Waals surface area contributed by atoms with Gasteiger partial charge in [0.1, 0.15) is 6.10 Å². The molecule has 2 aliphatic rings. The van der Waals surface area contributed by atoms with Crippen LogP contribution in [0.5, 0.6) is 0 Å². The molecule has 0 spiro atoms. The van der Waals surface area contributed by atoms with E-state index in [0.717, 1.165) is 44.9 Å². The summed E-state index contributed by atoms with van der Waals surface area (Å²) in [7, 11) is 3.23. The lowest BCUT2D eigenvalue weighted by Crippen LogP contribution is -2.58. The molecule has 0 saturated heterocycles. The summed E-state index contributed by atoms with van der Waals surface area (Å²) in [6.45, 7) is 3.85. The SMILES string of the molecule is CC(C)C[C@H](O)[C@H](O)[C@H](CC1CCCCC1)N(CC1(O)CCCCC1)C(=O)[C@@H](CC(=O)NCC(=O)N(C)C)Cc1cscn1. The third kappa shape index (κ3) is 11.4. The quantitative estimate of drug-likeness (QED) is 0.217. The highest BCUT2D eigenvalue weighted by atomic mass is 32.1. The van der Waals surface area contributed by atoms with Crippen molar-refractivity contribution in [2.75, 3.05) is 27.2 Å². The van der Waals surface area contributed by atoms with Gasteiger partial charge >= 0.3 is 0 Å². The van der Waals surface area contributed by atoms with E-state index in [0.29, 0.717) is 37.3 Å². The molecule has 2 aliphatic carbocycles. The monoisotopic (exact) mass is 636 g/mol. The fourth-order valence-electron chi connectivity index (χ4n) is 6.84. The van der Waals surface area contributed by atoms with Gasteiger partial charge in [0.25, 0.3) is 0 Å². The van der Waals surface area contributed by atoms with E-state index in [9.17, 15) is 29.7 Å². The number of aliphatic hydroxyl groups excluding tert-OH is 2. The molecule has 0 radical (unpaired) electrons. The van der Waals surface area contributed by atoms with Crippen LogP contribution >= 0.6 is 11.3 Å². The average molecular weight is 637 g/mol. The van der Waals surface area contributed by atoms with Crippen molar-refractivity contribution in [2.24, 2.45) is 17.8 Å². The average Bonchev–Trinajstić information content (AvgIpc) is 3.50. The lowest BCUT2D eigenvalue weighted by atomic mass is 9.79. The Hall–Kier alpha value is -2.08. The Labute approximate surface area is 267 Å². The normalized spacial score (nSPS) is 20.0. The van der Waals surface area contributed by atoms with Crippen molar-refractivity contribution < 1.29 is 29.7 Å². The third-order valence-corrected chi connectivity index (χ3v) is 10.0. The number of nitrogens with one attached hydrogen (secondary N) is 1. The molecule has 0 aromatic carbocycles. The van der Waals surface area contributed by atoms with Crippen LogP contribution in [-0.4, -0.2) is 98.9 Å². The molecule has 10 nitrogen and oxygen atoms in total. The fraction of sp³-hybridized carbons (Fsp3) is 0.818. The van der Waals surface area contributed by atoms with Gasteiger partial charge in [-0.15, -0.1) is 11.3 Å². The number of likely N-dealkylation sites (N-methyl/N-ethyl adjacent to an activating group) is 1. The summed E-state index contributed by atoms with van der Waals surface area (Å²) in [5.41, 5.74) is 1.27. The van der Waals surface area contributed by atoms with Gasteiger partial charge in [0.2, 0.25) is 17.7 Å². The van der Waals surface area contributed by atoms with Gasteiger partial charge in [-0.05, 0) is 37.5 Å². The number of carbonyl (C=O) groups is 3. The van der Waals surface area contributed by atoms with Crippen LogP contribution < -0.4 is 5.32 Å². The number of thiazole rings is 1. The summed E-state index contributed by atoms with van der Waals surface area (Å²) in [5.74, 6) is -1.38. The Morgan fingerprint density at radius 2 is 1.73 bits per heavy atom. The predicted molar refractivity (Wildman–Crippen MR) is 172 cm³/mol. The summed E-state index contributed by atoms with van der Waals surface area (Å²) in [5, 5.41) is 39.2. The second-order valence-electron chi connectivity index (χ2n) is 13.9. The highest BCUT2D eigenvalue weighted by molar-refractivity contribution is 7.07. The van der Waals surface area contributed by atoms with Gasteiger partial charge in [0, 0.05) is 38.9 Å². The summed E-state index contributed by atoms with van der Waals surface area (Å²) < 4.78 is 0. The van der Waals surface area contributed by atoms with E-state index < -0.39 is 35.7 Å². The Balaban J connectivity index is 1.98. The predicted octanol–water partition coefficient (Wildman–Crippen LogP) is 3.53. The molecule has 4 N–H and O–H groups in total. The first-order valence-corrected chi connectivity index (χ1v) is 17.6. The van der Waals surface area contributed by atoms with E-state index in [1.54, 1.807) is 24.5 Å². The summed E-state index contributed by atoms with van der Waals surface area (Å²) in [6.07, 6.45) is 7.96. The maximum Gasteiger partial charge on any atom is 0.241 e. The van der Waals surface area contributed by atoms with Gasteiger partial charge in [-0.2, -0.15) is 0 Å². The Kier molecular flexibility index (Phi) is 14.5. The zero-order valence-corrected chi connectivity index (χ0v) is 28.1. The number of hydrogen-bond acceptors (Lipinski definition) is 8. The van der Waals surface area contributed by atoms with E-state index in [-0.39, 0.29) is 43.7 Å². The lowest BCUT2D eigenvalue weighted by molar-refractivity contribution is -0.153. The molecule has 3 rings (SSSR count). The number of nitrogens with zero attached hydrogens (tertiary/aromatic N) is 3. The maximum atomic E-state index is 14.7. The molecular formula is C33H56N4O6S. The van der Waals surface area contributed by atoms with E-state index in [1.807, 2.05) is 19.2 Å². The highest BCUT2D eigenvalue weighted by Crippen LogP contribution is 2.35. The first-order chi connectivity index (χ1) is 20.9. The largest absolute Gasteiger partial charge is 0.390 e. The Morgan fingerprint density at radius 3 is 2.32 bits per heavy atom. The standard InChI is InChI=1S/C33H56N4O6S/c1-23(2)15-28(38)31(41)27(16-24-11-7-5-8-12-24)37(21-33(43)13-9-6-10-14-33)32(42)25(17-26-20-44-22-35-26)18-29(39)34-19-30(40)36(3)4/h20,22-25,27-28,31,38,41,43H,5-19,21H2,1-4H3,(H,34,39)/t25-,27+,28+,31-/m1/s1. The van der Waals surface area contributed by atoms with Gasteiger partial charge < -0.3 is 30.4 Å². The van der Waals surface area contributed by atoms with Crippen LogP contribution in [0.1, 0.15) is 103 Å². The van der Waals surface area contributed by atoms with Crippen LogP contribution in [0.25, 0.3) is 0 Å². The van der Waals surface area contributed by atoms with Crippen LogP contribution in [0.4, 0.5) is 0 Å². The van der Waals surface area contributed by atoms with Crippen molar-refractivity contribution >= 4 is 29.1 Å². The minimum absolute atomic E-state index is 0.0446. The molecule has 2 fully saturated rings. The first kappa shape index (κ1) is 36.4. The summed E-state index contributed by atoms with van der Waals surface area (Å²) in [6, 6.07) is -0.707. The van der Waals surface area contributed by atoms with Crippen molar-refractivity contribution in [1.29, 1.82) is 0 Å². The number of amides is 3. The van der Waals surface area contributed by atoms with Crippen LogP contribution in [-0.2, 0) is 20.8 Å². The van der Waals surface area contributed by atoms with Crippen LogP contribution in [0.3, 0.4) is 0 Å². The van der Waals surface area contributed by atoms with Gasteiger partial charge in [-0.1, -0.05) is 65.2 Å². The molecule has 250 valence electrons. The minimum atomic E-state index is -1.19. The van der Waals surface area contributed by atoms with E-state index >= 15 is 0 Å². The lowest BCUT2D eigenvalue weighted by Gasteiger charge is -2.45.